The van der Waals surface area contributed by atoms with E-state index >= 15 is 0 Å². The molecule has 2 saturated carbocycles. The van der Waals surface area contributed by atoms with E-state index in [1.807, 2.05) is 25.3 Å². The molecule has 2 aliphatic rings. The number of aromatic carboxylic acids is 1. The van der Waals surface area contributed by atoms with Crippen LogP contribution in [0.5, 0.6) is 5.88 Å². The van der Waals surface area contributed by atoms with Gasteiger partial charge >= 0.3 is 5.97 Å². The van der Waals surface area contributed by atoms with E-state index in [2.05, 4.69) is 10.3 Å². The highest BCUT2D eigenvalue weighted by atomic mass is 16.5. The van der Waals surface area contributed by atoms with Crippen molar-refractivity contribution in [2.24, 2.45) is 5.92 Å². The Morgan fingerprint density at radius 3 is 2.36 bits per heavy atom. The monoisotopic (exact) mass is 450 g/mol. The van der Waals surface area contributed by atoms with Gasteiger partial charge in [0.05, 0.1) is 23.6 Å². The average molecular weight is 451 g/mol. The average Bonchev–Trinajstić information content (AvgIpc) is 3.35. The molecular weight excluding hydrogens is 416 g/mol. The Hall–Kier alpha value is -2.89. The molecule has 176 valence electrons. The first-order valence-corrected chi connectivity index (χ1v) is 12.2. The molecule has 0 saturated heterocycles. The number of amides is 1. The van der Waals surface area contributed by atoms with Gasteiger partial charge in [-0.15, -0.1) is 0 Å². The van der Waals surface area contributed by atoms with E-state index in [9.17, 15) is 9.59 Å². The van der Waals surface area contributed by atoms with Gasteiger partial charge < -0.3 is 15.2 Å². The van der Waals surface area contributed by atoms with E-state index in [1.165, 1.54) is 32.1 Å². The third-order valence-electron chi connectivity index (χ3n) is 7.38. The van der Waals surface area contributed by atoms with Crippen molar-refractivity contribution >= 4 is 11.9 Å². The normalized spacial score (nSPS) is 19.1. The number of nitrogens with one attached hydrogen (secondary N) is 1. The molecule has 0 aliphatic heterocycles. The van der Waals surface area contributed by atoms with Gasteiger partial charge in [-0.25, -0.2) is 9.78 Å². The van der Waals surface area contributed by atoms with E-state index in [0.717, 1.165) is 43.4 Å². The van der Waals surface area contributed by atoms with Gasteiger partial charge in [0.2, 0.25) is 11.8 Å². The van der Waals surface area contributed by atoms with Gasteiger partial charge in [-0.3, -0.25) is 4.79 Å². The Labute approximate surface area is 195 Å². The van der Waals surface area contributed by atoms with Crippen LogP contribution in [0.4, 0.5) is 0 Å². The van der Waals surface area contributed by atoms with Crippen LogP contribution in [0.25, 0.3) is 0 Å². The van der Waals surface area contributed by atoms with Crippen molar-refractivity contribution in [2.75, 3.05) is 6.61 Å². The Bertz CT molecular complexity index is 943. The quantitative estimate of drug-likeness (QED) is 0.560. The van der Waals surface area contributed by atoms with Crippen molar-refractivity contribution in [3.05, 3.63) is 59.3 Å². The maximum atomic E-state index is 13.5. The topological polar surface area (TPSA) is 88.5 Å². The zero-order chi connectivity index (χ0) is 23.3. The molecule has 4 rings (SSSR count). The molecule has 2 fully saturated rings. The molecular formula is C27H34N2O4. The van der Waals surface area contributed by atoms with E-state index in [0.29, 0.717) is 11.8 Å². The van der Waals surface area contributed by atoms with Gasteiger partial charge in [-0.2, -0.15) is 0 Å². The lowest BCUT2D eigenvalue weighted by atomic mass is 9.78. The molecule has 1 unspecified atom stereocenters. The molecule has 6 nitrogen and oxygen atoms in total. The van der Waals surface area contributed by atoms with Crippen LogP contribution in [0.1, 0.15) is 92.2 Å². The Morgan fingerprint density at radius 2 is 1.76 bits per heavy atom. The summed E-state index contributed by atoms with van der Waals surface area (Å²) in [6, 6.07) is 10.3. The number of benzene rings is 1. The number of hydrogen-bond acceptors (Lipinski definition) is 4. The molecule has 0 radical (unpaired) electrons. The predicted molar refractivity (Wildman–Crippen MR) is 126 cm³/mol. The summed E-state index contributed by atoms with van der Waals surface area (Å²) in [7, 11) is 0. The fourth-order valence-electron chi connectivity index (χ4n) is 5.26. The second kappa shape index (κ2) is 10.4. The van der Waals surface area contributed by atoms with Crippen molar-refractivity contribution in [2.45, 2.75) is 76.2 Å². The summed E-state index contributed by atoms with van der Waals surface area (Å²) in [6.07, 6.45) is 11.8. The number of carbonyl (C=O) groups excluding carboxylic acids is 1. The van der Waals surface area contributed by atoms with E-state index < -0.39 is 11.4 Å². The van der Waals surface area contributed by atoms with Crippen LogP contribution in [-0.2, 0) is 10.2 Å². The molecule has 1 amide bonds. The maximum absolute atomic E-state index is 13.5. The number of ether oxygens (including phenoxy) is 1. The minimum Gasteiger partial charge on any atom is -0.478 e. The first-order chi connectivity index (χ1) is 16.0. The summed E-state index contributed by atoms with van der Waals surface area (Å²) in [5.74, 6) is 0.303. The van der Waals surface area contributed by atoms with E-state index in [1.54, 1.807) is 24.3 Å². The molecule has 0 spiro atoms. The van der Waals surface area contributed by atoms with Crippen LogP contribution < -0.4 is 10.1 Å². The van der Waals surface area contributed by atoms with Crippen molar-refractivity contribution < 1.29 is 19.4 Å². The summed E-state index contributed by atoms with van der Waals surface area (Å²) in [4.78, 5) is 29.1. The lowest BCUT2D eigenvalue weighted by molar-refractivity contribution is -0.127. The van der Waals surface area contributed by atoms with Crippen LogP contribution >= 0.6 is 0 Å². The summed E-state index contributed by atoms with van der Waals surface area (Å²) < 4.78 is 5.95. The summed E-state index contributed by atoms with van der Waals surface area (Å²) in [5.41, 5.74) is 1.48. The fourth-order valence-corrected chi connectivity index (χ4v) is 5.26. The van der Waals surface area contributed by atoms with Gasteiger partial charge in [0, 0.05) is 12.3 Å². The molecule has 33 heavy (non-hydrogen) atoms. The van der Waals surface area contributed by atoms with Gasteiger partial charge in [-0.05, 0) is 61.8 Å². The zero-order valence-corrected chi connectivity index (χ0v) is 19.4. The summed E-state index contributed by atoms with van der Waals surface area (Å²) in [6.45, 7) is 2.65. The van der Waals surface area contributed by atoms with Crippen molar-refractivity contribution in [1.29, 1.82) is 0 Å². The van der Waals surface area contributed by atoms with Crippen LogP contribution in [0.3, 0.4) is 0 Å². The third-order valence-corrected chi connectivity index (χ3v) is 7.38. The standard InChI is InChI=1S/C27H34N2O4/c1-19(21-9-11-22(12-10-21)25(30)31)29-26(32)27(15-5-6-16-27)23-13-14-24(28-17-23)33-18-20-7-3-2-4-8-20/h9-14,17,19-20H,2-8,15-16,18H2,1H3,(H,29,32)(H,30,31). The van der Waals surface area contributed by atoms with E-state index in [4.69, 9.17) is 9.84 Å². The zero-order valence-electron chi connectivity index (χ0n) is 19.4. The highest BCUT2D eigenvalue weighted by molar-refractivity contribution is 5.89. The van der Waals surface area contributed by atoms with Gasteiger partial charge in [0.25, 0.3) is 0 Å². The molecule has 1 aromatic carbocycles. The van der Waals surface area contributed by atoms with Gasteiger partial charge in [0.1, 0.15) is 0 Å². The lowest BCUT2D eigenvalue weighted by Gasteiger charge is -2.30. The molecule has 2 N–H and O–H groups in total. The smallest absolute Gasteiger partial charge is 0.335 e. The summed E-state index contributed by atoms with van der Waals surface area (Å²) in [5, 5.41) is 12.3. The van der Waals surface area contributed by atoms with Crippen LogP contribution in [0, 0.1) is 5.92 Å². The molecule has 1 heterocycles. The fraction of sp³-hybridized carbons (Fsp3) is 0.519. The molecule has 0 bridgehead atoms. The number of nitrogens with zero attached hydrogens (tertiary/aromatic N) is 1. The molecule has 6 heteroatoms. The van der Waals surface area contributed by atoms with Crippen molar-refractivity contribution in [1.82, 2.24) is 10.3 Å². The number of aromatic nitrogens is 1. The summed E-state index contributed by atoms with van der Waals surface area (Å²) >= 11 is 0. The van der Waals surface area contributed by atoms with Crippen LogP contribution in [0.2, 0.25) is 0 Å². The predicted octanol–water partition coefficient (Wildman–Crippen LogP) is 5.43. The Balaban J connectivity index is 1.42. The van der Waals surface area contributed by atoms with Crippen LogP contribution in [-0.4, -0.2) is 28.6 Å². The second-order valence-corrected chi connectivity index (χ2v) is 9.61. The SMILES string of the molecule is CC(NC(=O)C1(c2ccc(OCC3CCCCC3)nc2)CCCC1)c1ccc(C(=O)O)cc1. The lowest BCUT2D eigenvalue weighted by Crippen LogP contribution is -2.43. The van der Waals surface area contributed by atoms with Gasteiger partial charge in [-0.1, -0.05) is 50.3 Å². The van der Waals surface area contributed by atoms with Crippen molar-refractivity contribution in [3.8, 4) is 5.88 Å². The number of carboxylic acids is 1. The Kier molecular flexibility index (Phi) is 7.31. The number of hydrogen-bond donors (Lipinski definition) is 2. The Morgan fingerprint density at radius 1 is 1.06 bits per heavy atom. The minimum absolute atomic E-state index is 0.00693. The second-order valence-electron chi connectivity index (χ2n) is 9.61. The molecule has 2 aromatic rings. The molecule has 1 atom stereocenters. The first-order valence-electron chi connectivity index (χ1n) is 12.2. The van der Waals surface area contributed by atoms with E-state index in [-0.39, 0.29) is 17.5 Å². The third kappa shape index (κ3) is 5.37. The largest absolute Gasteiger partial charge is 0.478 e. The highest BCUT2D eigenvalue weighted by Crippen LogP contribution is 2.42. The molecule has 1 aromatic heterocycles. The number of carbonyl (C=O) groups is 2. The highest BCUT2D eigenvalue weighted by Gasteiger charge is 2.43. The number of pyridine rings is 1. The number of rotatable bonds is 8. The maximum Gasteiger partial charge on any atom is 0.335 e. The first kappa shape index (κ1) is 23.3. The minimum atomic E-state index is -0.957. The molecule has 2 aliphatic carbocycles. The van der Waals surface area contributed by atoms with Crippen molar-refractivity contribution in [3.63, 3.8) is 0 Å². The van der Waals surface area contributed by atoms with Crippen LogP contribution in [0.15, 0.2) is 42.6 Å². The van der Waals surface area contributed by atoms with Gasteiger partial charge in [0.15, 0.2) is 0 Å². The number of carboxylic acid groups (broad SMARTS) is 1.